The Labute approximate surface area is 257 Å². The summed E-state index contributed by atoms with van der Waals surface area (Å²) >= 11 is 0. The number of methoxy groups -OCH3 is 1. The topological polar surface area (TPSA) is 115 Å². The third-order valence-electron chi connectivity index (χ3n) is 8.54. The van der Waals surface area contributed by atoms with Gasteiger partial charge in [-0.2, -0.15) is 9.78 Å². The van der Waals surface area contributed by atoms with Gasteiger partial charge in [0.2, 0.25) is 11.8 Å². The second kappa shape index (κ2) is 10.1. The van der Waals surface area contributed by atoms with Gasteiger partial charge >= 0.3 is 0 Å². The summed E-state index contributed by atoms with van der Waals surface area (Å²) in [6.45, 7) is 3.86. The Hall–Kier alpha value is -5.96. The normalized spacial score (nSPS) is 13.8. The molecule has 0 amide bonds. The van der Waals surface area contributed by atoms with Crippen LogP contribution in [0.15, 0.2) is 96.1 Å². The van der Waals surface area contributed by atoms with E-state index in [0.717, 1.165) is 49.7 Å². The molecule has 0 radical (unpaired) electrons. The number of aromatic nitrogens is 5. The predicted molar refractivity (Wildman–Crippen MR) is 172 cm³/mol. The van der Waals surface area contributed by atoms with E-state index in [9.17, 15) is 9.59 Å². The van der Waals surface area contributed by atoms with Crippen molar-refractivity contribution in [1.82, 2.24) is 24.7 Å². The van der Waals surface area contributed by atoms with Gasteiger partial charge in [-0.25, -0.2) is 4.98 Å². The second-order valence-corrected chi connectivity index (χ2v) is 11.2. The lowest BCUT2D eigenvalue weighted by atomic mass is 9.82. The fourth-order valence-electron chi connectivity index (χ4n) is 6.51. The van der Waals surface area contributed by atoms with Gasteiger partial charge in [-0.3, -0.25) is 9.59 Å². The smallest absolute Gasteiger partial charge is 0.298 e. The maximum atomic E-state index is 14.6. The number of fused-ring (bicyclic) bond motifs is 4. The molecular weight excluding hydrogens is 566 g/mol. The van der Waals surface area contributed by atoms with Crippen LogP contribution < -0.4 is 15.0 Å². The van der Waals surface area contributed by atoms with E-state index in [0.29, 0.717) is 22.5 Å². The van der Waals surface area contributed by atoms with Crippen LogP contribution in [0.2, 0.25) is 0 Å². The standard InChI is InChI=1S/C36H27N5O4/c1-19-12-15-27-26(16-19)29(21-8-5-4-6-9-21)32(39-27)35(43)41-36-28(20(2)40-41)30(31-33(42)37-18-38-34(31)45-36)25-11-7-10-22-17-23(44-3)13-14-24(22)25/h4-18,30,39H,1-3H3,(H,37,38,42). The van der Waals surface area contributed by atoms with Crippen LogP contribution in [0.25, 0.3) is 32.8 Å². The van der Waals surface area contributed by atoms with Crippen molar-refractivity contribution < 1.29 is 14.3 Å². The van der Waals surface area contributed by atoms with E-state index in [4.69, 9.17) is 14.6 Å². The Balaban J connectivity index is 1.36. The molecule has 9 nitrogen and oxygen atoms in total. The molecule has 1 atom stereocenters. The maximum absolute atomic E-state index is 14.6. The number of benzene rings is 4. The Bertz CT molecular complexity index is 2370. The molecule has 1 aliphatic heterocycles. The summed E-state index contributed by atoms with van der Waals surface area (Å²) in [6.07, 6.45) is 1.31. The number of nitrogens with one attached hydrogen (secondary N) is 2. The number of H-pyrrole nitrogens is 2. The zero-order valence-corrected chi connectivity index (χ0v) is 24.7. The Kier molecular flexibility index (Phi) is 5.96. The second-order valence-electron chi connectivity index (χ2n) is 11.2. The summed E-state index contributed by atoms with van der Waals surface area (Å²) in [5.74, 6) is 0.101. The van der Waals surface area contributed by atoms with Gasteiger partial charge in [-0.1, -0.05) is 66.2 Å². The molecule has 0 saturated heterocycles. The van der Waals surface area contributed by atoms with Crippen molar-refractivity contribution in [2.24, 2.45) is 0 Å². The Morgan fingerprint density at radius 3 is 2.60 bits per heavy atom. The van der Waals surface area contributed by atoms with Crippen molar-refractivity contribution in [2.45, 2.75) is 19.8 Å². The molecule has 9 heteroatoms. The molecule has 2 N–H and O–H groups in total. The molecule has 220 valence electrons. The first-order valence-corrected chi connectivity index (χ1v) is 14.6. The minimum absolute atomic E-state index is 0.131. The van der Waals surface area contributed by atoms with Crippen molar-refractivity contribution in [1.29, 1.82) is 0 Å². The van der Waals surface area contributed by atoms with Crippen molar-refractivity contribution in [3.8, 4) is 28.6 Å². The first-order valence-electron chi connectivity index (χ1n) is 14.6. The van der Waals surface area contributed by atoms with Gasteiger partial charge in [0.1, 0.15) is 11.4 Å². The quantitative estimate of drug-likeness (QED) is 0.230. The Morgan fingerprint density at radius 1 is 0.933 bits per heavy atom. The zero-order valence-electron chi connectivity index (χ0n) is 24.7. The third-order valence-corrected chi connectivity index (χ3v) is 8.54. The lowest BCUT2D eigenvalue weighted by Crippen LogP contribution is -2.25. The summed E-state index contributed by atoms with van der Waals surface area (Å²) in [7, 11) is 1.63. The molecule has 0 spiro atoms. The lowest BCUT2D eigenvalue weighted by Gasteiger charge is -2.26. The third kappa shape index (κ3) is 4.08. The van der Waals surface area contributed by atoms with E-state index < -0.39 is 5.92 Å². The van der Waals surface area contributed by atoms with Crippen LogP contribution in [0, 0.1) is 13.8 Å². The molecule has 4 heterocycles. The van der Waals surface area contributed by atoms with E-state index in [-0.39, 0.29) is 23.2 Å². The van der Waals surface area contributed by atoms with Crippen LogP contribution in [0.5, 0.6) is 17.5 Å². The number of rotatable bonds is 4. The summed E-state index contributed by atoms with van der Waals surface area (Å²) in [5.41, 5.74) is 6.08. The van der Waals surface area contributed by atoms with Gasteiger partial charge in [0.15, 0.2) is 0 Å². The molecule has 0 saturated carbocycles. The van der Waals surface area contributed by atoms with Gasteiger partial charge in [0.25, 0.3) is 11.5 Å². The fourth-order valence-corrected chi connectivity index (χ4v) is 6.51. The molecule has 1 aliphatic rings. The summed E-state index contributed by atoms with van der Waals surface area (Å²) < 4.78 is 13.1. The SMILES string of the molecule is COc1ccc2c(C3c4c(C)nn(C(=O)c5[nH]c6ccc(C)cc6c5-c5ccccc5)c4Oc4nc[nH]c(=O)c43)cccc2c1. The van der Waals surface area contributed by atoms with Gasteiger partial charge in [0.05, 0.1) is 36.2 Å². The van der Waals surface area contributed by atoms with E-state index >= 15 is 0 Å². The van der Waals surface area contributed by atoms with Crippen molar-refractivity contribution in [2.75, 3.05) is 7.11 Å². The van der Waals surface area contributed by atoms with Crippen molar-refractivity contribution in [3.05, 3.63) is 135 Å². The first kappa shape index (κ1) is 26.7. The van der Waals surface area contributed by atoms with Crippen LogP contribution in [-0.4, -0.2) is 37.7 Å². The summed E-state index contributed by atoms with van der Waals surface area (Å²) in [5, 5.41) is 7.56. The summed E-state index contributed by atoms with van der Waals surface area (Å²) in [4.78, 5) is 38.4. The molecule has 0 aliphatic carbocycles. The number of carbonyl (C=O) groups excluding carboxylic acids is 1. The van der Waals surface area contributed by atoms with Crippen LogP contribution in [0.4, 0.5) is 0 Å². The first-order chi connectivity index (χ1) is 21.9. The predicted octanol–water partition coefficient (Wildman–Crippen LogP) is 6.87. The monoisotopic (exact) mass is 593 g/mol. The zero-order chi connectivity index (χ0) is 30.8. The average Bonchev–Trinajstić information content (AvgIpc) is 3.60. The number of hydrogen-bond acceptors (Lipinski definition) is 6. The van der Waals surface area contributed by atoms with Gasteiger partial charge in [0, 0.05) is 16.5 Å². The number of aromatic amines is 2. The summed E-state index contributed by atoms with van der Waals surface area (Å²) in [6, 6.07) is 27.6. The number of carbonyl (C=O) groups is 1. The Morgan fingerprint density at radius 2 is 1.78 bits per heavy atom. The lowest BCUT2D eigenvalue weighted by molar-refractivity contribution is 0.0931. The van der Waals surface area contributed by atoms with E-state index in [1.807, 2.05) is 92.7 Å². The number of hydrogen-bond donors (Lipinski definition) is 2. The number of aryl methyl sites for hydroxylation is 2. The van der Waals surface area contributed by atoms with Crippen molar-refractivity contribution in [3.63, 3.8) is 0 Å². The van der Waals surface area contributed by atoms with Gasteiger partial charge < -0.3 is 19.4 Å². The number of ether oxygens (including phenoxy) is 2. The molecule has 8 rings (SSSR count). The van der Waals surface area contributed by atoms with Crippen LogP contribution in [-0.2, 0) is 0 Å². The molecule has 7 aromatic rings. The van der Waals surface area contributed by atoms with Crippen LogP contribution in [0.1, 0.15) is 44.4 Å². The minimum atomic E-state index is -0.598. The van der Waals surface area contributed by atoms with Crippen LogP contribution >= 0.6 is 0 Å². The molecule has 3 aromatic heterocycles. The van der Waals surface area contributed by atoms with E-state index in [1.54, 1.807) is 7.11 Å². The van der Waals surface area contributed by atoms with E-state index in [1.165, 1.54) is 11.0 Å². The largest absolute Gasteiger partial charge is 0.497 e. The highest BCUT2D eigenvalue weighted by molar-refractivity contribution is 6.10. The molecule has 0 fully saturated rings. The highest BCUT2D eigenvalue weighted by atomic mass is 16.5. The van der Waals surface area contributed by atoms with Gasteiger partial charge in [-0.15, -0.1) is 0 Å². The van der Waals surface area contributed by atoms with Gasteiger partial charge in [-0.05, 0) is 60.0 Å². The van der Waals surface area contributed by atoms with Crippen molar-refractivity contribution >= 4 is 27.6 Å². The molecule has 0 bridgehead atoms. The molecular formula is C36H27N5O4. The highest BCUT2D eigenvalue weighted by Crippen LogP contribution is 2.48. The average molecular weight is 594 g/mol. The van der Waals surface area contributed by atoms with Crippen LogP contribution in [0.3, 0.4) is 0 Å². The van der Waals surface area contributed by atoms with E-state index in [2.05, 4.69) is 21.0 Å². The fraction of sp³-hybridized carbons (Fsp3) is 0.111. The molecule has 1 unspecified atom stereocenters. The maximum Gasteiger partial charge on any atom is 0.298 e. The minimum Gasteiger partial charge on any atom is -0.497 e. The molecule has 4 aromatic carbocycles. The molecule has 45 heavy (non-hydrogen) atoms. The number of nitrogens with zero attached hydrogens (tertiary/aromatic N) is 3. The highest BCUT2D eigenvalue weighted by Gasteiger charge is 2.39.